The summed E-state index contributed by atoms with van der Waals surface area (Å²) in [5.74, 6) is 1.25. The van der Waals surface area contributed by atoms with Crippen molar-refractivity contribution in [2.45, 2.75) is 19.4 Å². The van der Waals surface area contributed by atoms with E-state index in [9.17, 15) is 9.59 Å². The summed E-state index contributed by atoms with van der Waals surface area (Å²) in [6, 6.07) is 9.07. The van der Waals surface area contributed by atoms with Gasteiger partial charge in [0.05, 0.1) is 25.3 Å². The molecule has 158 valence electrons. The van der Waals surface area contributed by atoms with Crippen LogP contribution in [0.2, 0.25) is 0 Å². The molecule has 0 unspecified atom stereocenters. The van der Waals surface area contributed by atoms with Crippen LogP contribution in [0.25, 0.3) is 11.2 Å². The number of ether oxygens (including phenoxy) is 2. The van der Waals surface area contributed by atoms with Crippen molar-refractivity contribution in [2.24, 2.45) is 13.0 Å². The van der Waals surface area contributed by atoms with Crippen LogP contribution in [-0.2, 0) is 13.6 Å². The number of hydrogen-bond acceptors (Lipinski definition) is 5. The Hall–Kier alpha value is -3.29. The van der Waals surface area contributed by atoms with Crippen LogP contribution in [0.4, 0.5) is 0 Å². The van der Waals surface area contributed by atoms with E-state index in [1.807, 2.05) is 17.0 Å². The molecule has 0 N–H and O–H groups in total. The molecule has 4 rings (SSSR count). The summed E-state index contributed by atoms with van der Waals surface area (Å²) in [5.41, 5.74) is 2.00. The Bertz CT molecular complexity index is 1130. The lowest BCUT2D eigenvalue weighted by Crippen LogP contribution is -2.40. The minimum absolute atomic E-state index is 0.0525. The molecule has 8 heteroatoms. The number of amides is 1. The number of piperidine rings is 1. The molecule has 1 aromatic carbocycles. The summed E-state index contributed by atoms with van der Waals surface area (Å²) < 4.78 is 14.1. The number of aryl methyl sites for hydroxylation is 1. The van der Waals surface area contributed by atoms with Gasteiger partial charge in [-0.1, -0.05) is 6.07 Å². The number of carbonyl (C=O) groups is 1. The lowest BCUT2D eigenvalue weighted by Gasteiger charge is -2.32. The number of para-hydroxylation sites is 1. The third-order valence-corrected chi connectivity index (χ3v) is 5.88. The van der Waals surface area contributed by atoms with Crippen LogP contribution < -0.4 is 15.2 Å². The average molecular weight is 410 g/mol. The third-order valence-electron chi connectivity index (χ3n) is 5.88. The molecule has 0 aliphatic carbocycles. The molecule has 0 radical (unpaired) electrons. The fourth-order valence-corrected chi connectivity index (χ4v) is 4.20. The van der Waals surface area contributed by atoms with Gasteiger partial charge in [0.15, 0.2) is 17.1 Å². The van der Waals surface area contributed by atoms with Crippen LogP contribution >= 0.6 is 0 Å². The largest absolute Gasteiger partial charge is 0.493 e. The standard InChI is InChI=1S/C22H26N4O4/c1-24-17-7-5-11-23-20(17)26(22(24)28)14-15-9-12-25(13-10-15)21(27)16-6-4-8-18(29-2)19(16)30-3/h4-8,11,15H,9-10,12-14H2,1-3H3. The molecule has 0 atom stereocenters. The average Bonchev–Trinajstić information content (AvgIpc) is 3.03. The monoisotopic (exact) mass is 410 g/mol. The first-order chi connectivity index (χ1) is 14.5. The maximum absolute atomic E-state index is 13.1. The first-order valence-electron chi connectivity index (χ1n) is 10.1. The maximum Gasteiger partial charge on any atom is 0.330 e. The van der Waals surface area contributed by atoms with Crippen molar-refractivity contribution in [1.29, 1.82) is 0 Å². The van der Waals surface area contributed by atoms with E-state index in [4.69, 9.17) is 9.47 Å². The molecular formula is C22H26N4O4. The number of likely N-dealkylation sites (tertiary alicyclic amines) is 1. The van der Waals surface area contributed by atoms with Gasteiger partial charge < -0.3 is 14.4 Å². The molecule has 8 nitrogen and oxygen atoms in total. The number of aromatic nitrogens is 3. The van der Waals surface area contributed by atoms with Gasteiger partial charge in [-0.05, 0) is 43.0 Å². The van der Waals surface area contributed by atoms with Crippen LogP contribution in [0, 0.1) is 5.92 Å². The van der Waals surface area contributed by atoms with Gasteiger partial charge in [0.25, 0.3) is 5.91 Å². The first kappa shape index (κ1) is 20.0. The van der Waals surface area contributed by atoms with Crippen LogP contribution in [-0.4, -0.2) is 52.2 Å². The Labute approximate surface area is 174 Å². The number of hydrogen-bond donors (Lipinski definition) is 0. The minimum atomic E-state index is -0.0619. The number of imidazole rings is 1. The second kappa shape index (κ2) is 8.22. The van der Waals surface area contributed by atoms with Crippen LogP contribution in [0.15, 0.2) is 41.3 Å². The van der Waals surface area contributed by atoms with E-state index in [0.717, 1.165) is 18.4 Å². The van der Waals surface area contributed by atoms with Crippen molar-refractivity contribution >= 4 is 17.1 Å². The highest BCUT2D eigenvalue weighted by atomic mass is 16.5. The fourth-order valence-electron chi connectivity index (χ4n) is 4.20. The summed E-state index contributed by atoms with van der Waals surface area (Å²) >= 11 is 0. The number of rotatable bonds is 5. The van der Waals surface area contributed by atoms with Gasteiger partial charge in [-0.15, -0.1) is 0 Å². The third kappa shape index (κ3) is 3.42. The number of methoxy groups -OCH3 is 2. The molecule has 1 fully saturated rings. The fraction of sp³-hybridized carbons (Fsp3) is 0.409. The Morgan fingerprint density at radius 2 is 1.90 bits per heavy atom. The van der Waals surface area contributed by atoms with Gasteiger partial charge in [0, 0.05) is 32.9 Å². The molecule has 0 bridgehead atoms. The highest BCUT2D eigenvalue weighted by Gasteiger charge is 2.27. The van der Waals surface area contributed by atoms with Crippen LogP contribution in [0.5, 0.6) is 11.5 Å². The van der Waals surface area contributed by atoms with Gasteiger partial charge in [-0.2, -0.15) is 0 Å². The van der Waals surface area contributed by atoms with E-state index in [1.165, 1.54) is 7.11 Å². The molecule has 2 aromatic heterocycles. The number of fused-ring (bicyclic) bond motifs is 1. The molecule has 1 saturated heterocycles. The van der Waals surface area contributed by atoms with Crippen LogP contribution in [0.3, 0.4) is 0 Å². The lowest BCUT2D eigenvalue weighted by molar-refractivity contribution is 0.0679. The van der Waals surface area contributed by atoms with Gasteiger partial charge in [-0.3, -0.25) is 13.9 Å². The van der Waals surface area contributed by atoms with Gasteiger partial charge in [-0.25, -0.2) is 9.78 Å². The summed E-state index contributed by atoms with van der Waals surface area (Å²) in [4.78, 5) is 32.0. The Morgan fingerprint density at radius 3 is 2.60 bits per heavy atom. The second-order valence-corrected chi connectivity index (χ2v) is 7.57. The van der Waals surface area contributed by atoms with Crippen molar-refractivity contribution in [1.82, 2.24) is 19.0 Å². The van der Waals surface area contributed by atoms with E-state index in [0.29, 0.717) is 48.3 Å². The predicted octanol–water partition coefficient (Wildman–Crippen LogP) is 2.30. The summed E-state index contributed by atoms with van der Waals surface area (Å²) in [5, 5.41) is 0. The Morgan fingerprint density at radius 1 is 1.13 bits per heavy atom. The van der Waals surface area contributed by atoms with E-state index in [-0.39, 0.29) is 11.6 Å². The smallest absolute Gasteiger partial charge is 0.330 e. The number of carbonyl (C=O) groups excluding carboxylic acids is 1. The number of pyridine rings is 1. The molecular weight excluding hydrogens is 384 g/mol. The minimum Gasteiger partial charge on any atom is -0.493 e. The lowest BCUT2D eigenvalue weighted by atomic mass is 9.96. The van der Waals surface area contributed by atoms with Crippen molar-refractivity contribution in [3.8, 4) is 11.5 Å². The summed E-state index contributed by atoms with van der Waals surface area (Å²) in [6.07, 6.45) is 3.36. The number of benzene rings is 1. The summed E-state index contributed by atoms with van der Waals surface area (Å²) in [6.45, 7) is 1.88. The normalized spacial score (nSPS) is 14.8. The quantitative estimate of drug-likeness (QED) is 0.645. The zero-order valence-corrected chi connectivity index (χ0v) is 17.5. The molecule has 3 heterocycles. The van der Waals surface area contributed by atoms with E-state index < -0.39 is 0 Å². The molecule has 0 saturated carbocycles. The Balaban J connectivity index is 1.47. The zero-order valence-electron chi connectivity index (χ0n) is 17.5. The summed E-state index contributed by atoms with van der Waals surface area (Å²) in [7, 11) is 4.87. The predicted molar refractivity (Wildman–Crippen MR) is 113 cm³/mol. The SMILES string of the molecule is COc1cccc(C(=O)N2CCC(Cn3c(=O)n(C)c4cccnc43)CC2)c1OC. The molecule has 30 heavy (non-hydrogen) atoms. The molecule has 1 amide bonds. The second-order valence-electron chi connectivity index (χ2n) is 7.57. The maximum atomic E-state index is 13.1. The molecule has 1 aliphatic rings. The highest BCUT2D eigenvalue weighted by molar-refractivity contribution is 5.97. The molecule has 0 spiro atoms. The van der Waals surface area contributed by atoms with Gasteiger partial charge >= 0.3 is 5.69 Å². The first-order valence-corrected chi connectivity index (χ1v) is 10.1. The van der Waals surface area contributed by atoms with Gasteiger partial charge in [0.2, 0.25) is 0 Å². The van der Waals surface area contributed by atoms with Crippen molar-refractivity contribution < 1.29 is 14.3 Å². The van der Waals surface area contributed by atoms with Crippen molar-refractivity contribution in [2.75, 3.05) is 27.3 Å². The van der Waals surface area contributed by atoms with E-state index in [1.54, 1.807) is 47.7 Å². The highest BCUT2D eigenvalue weighted by Crippen LogP contribution is 2.32. The van der Waals surface area contributed by atoms with E-state index >= 15 is 0 Å². The topological polar surface area (TPSA) is 78.6 Å². The zero-order chi connectivity index (χ0) is 21.3. The Kier molecular flexibility index (Phi) is 5.48. The van der Waals surface area contributed by atoms with Crippen molar-refractivity contribution in [3.05, 3.63) is 52.6 Å². The van der Waals surface area contributed by atoms with Crippen LogP contribution in [0.1, 0.15) is 23.2 Å². The van der Waals surface area contributed by atoms with Crippen molar-refractivity contribution in [3.63, 3.8) is 0 Å². The van der Waals surface area contributed by atoms with Gasteiger partial charge in [0.1, 0.15) is 0 Å². The molecule has 1 aliphatic heterocycles. The van der Waals surface area contributed by atoms with E-state index in [2.05, 4.69) is 4.98 Å². The molecule has 3 aromatic rings. The number of nitrogens with zero attached hydrogens (tertiary/aromatic N) is 4.